The lowest BCUT2D eigenvalue weighted by atomic mass is 10.2. The number of hydrogen-bond acceptors (Lipinski definition) is 3. The minimum atomic E-state index is -0.0190. The molecule has 0 aliphatic carbocycles. The van der Waals surface area contributed by atoms with Gasteiger partial charge in [-0.15, -0.1) is 0 Å². The van der Waals surface area contributed by atoms with E-state index >= 15 is 0 Å². The van der Waals surface area contributed by atoms with Gasteiger partial charge in [0.25, 0.3) is 0 Å². The summed E-state index contributed by atoms with van der Waals surface area (Å²) in [5.41, 5.74) is 6.07. The highest BCUT2D eigenvalue weighted by Crippen LogP contribution is 2.26. The molecule has 0 bridgehead atoms. The van der Waals surface area contributed by atoms with Crippen molar-refractivity contribution in [1.82, 2.24) is 0 Å². The largest absolute Gasteiger partial charge is 0.487 e. The van der Waals surface area contributed by atoms with E-state index in [1.165, 1.54) is 0 Å². The summed E-state index contributed by atoms with van der Waals surface area (Å²) in [4.78, 5) is 0. The number of halogens is 1. The van der Waals surface area contributed by atoms with Gasteiger partial charge in [-0.3, -0.25) is 5.41 Å². The van der Waals surface area contributed by atoms with E-state index < -0.39 is 0 Å². The molecule has 1 aromatic carbocycles. The minimum absolute atomic E-state index is 0.0190. The molecule has 0 aliphatic rings. The van der Waals surface area contributed by atoms with Gasteiger partial charge in [-0.05, 0) is 48.0 Å². The van der Waals surface area contributed by atoms with Crippen LogP contribution in [0.3, 0.4) is 0 Å². The highest BCUT2D eigenvalue weighted by atomic mass is 79.9. The van der Waals surface area contributed by atoms with Crippen LogP contribution in [0.5, 0.6) is 5.75 Å². The Bertz CT molecular complexity index is 396. The van der Waals surface area contributed by atoms with E-state index in [0.29, 0.717) is 18.8 Å². The van der Waals surface area contributed by atoms with Crippen molar-refractivity contribution >= 4 is 21.8 Å². The van der Waals surface area contributed by atoms with Crippen LogP contribution < -0.4 is 10.5 Å². The molecule has 0 spiro atoms. The van der Waals surface area contributed by atoms with E-state index in [0.717, 1.165) is 10.2 Å². The summed E-state index contributed by atoms with van der Waals surface area (Å²) in [6.45, 7) is 5.13. The zero-order valence-electron chi connectivity index (χ0n) is 10.00. The molecule has 1 rings (SSSR count). The number of benzene rings is 1. The second kappa shape index (κ2) is 6.61. The molecule has 0 saturated heterocycles. The smallest absolute Gasteiger partial charge is 0.134 e. The first-order valence-corrected chi connectivity index (χ1v) is 6.22. The van der Waals surface area contributed by atoms with Crippen molar-refractivity contribution in [1.29, 1.82) is 5.41 Å². The molecule has 5 heteroatoms. The molecule has 17 heavy (non-hydrogen) atoms. The van der Waals surface area contributed by atoms with Gasteiger partial charge >= 0.3 is 0 Å². The molecule has 1 unspecified atom stereocenters. The molecule has 1 atom stereocenters. The number of amidine groups is 1. The van der Waals surface area contributed by atoms with Crippen molar-refractivity contribution in [3.05, 3.63) is 28.2 Å². The first-order valence-electron chi connectivity index (χ1n) is 5.43. The van der Waals surface area contributed by atoms with Crippen LogP contribution in [0.2, 0.25) is 0 Å². The predicted octanol–water partition coefficient (Wildman–Crippen LogP) is 2.54. The van der Waals surface area contributed by atoms with Crippen LogP contribution in [0.4, 0.5) is 0 Å². The molecule has 0 aliphatic heterocycles. The first kappa shape index (κ1) is 14.0. The molecule has 3 N–H and O–H groups in total. The Labute approximate surface area is 110 Å². The van der Waals surface area contributed by atoms with Crippen LogP contribution >= 0.6 is 15.9 Å². The van der Waals surface area contributed by atoms with Gasteiger partial charge < -0.3 is 15.2 Å². The van der Waals surface area contributed by atoms with Crippen molar-refractivity contribution in [3.8, 4) is 5.75 Å². The minimum Gasteiger partial charge on any atom is -0.487 e. The lowest BCUT2D eigenvalue weighted by Gasteiger charge is -2.16. The van der Waals surface area contributed by atoms with Gasteiger partial charge in [-0.1, -0.05) is 0 Å². The number of hydrogen-bond donors (Lipinski definition) is 2. The molecular formula is C12H17BrN2O2. The SMILES string of the molecule is CCOCC(C)Oc1ccc(C(=N)N)cc1Br. The molecule has 1 aromatic rings. The number of nitrogens with one attached hydrogen (secondary N) is 1. The summed E-state index contributed by atoms with van der Waals surface area (Å²) >= 11 is 3.39. The normalized spacial score (nSPS) is 12.2. The van der Waals surface area contributed by atoms with Gasteiger partial charge in [0.2, 0.25) is 0 Å². The molecule has 0 saturated carbocycles. The number of nitrogens with two attached hydrogens (primary N) is 1. The Hall–Kier alpha value is -1.07. The van der Waals surface area contributed by atoms with Crippen LogP contribution in [-0.2, 0) is 4.74 Å². The van der Waals surface area contributed by atoms with Gasteiger partial charge in [-0.2, -0.15) is 0 Å². The first-order chi connectivity index (χ1) is 8.04. The van der Waals surface area contributed by atoms with Crippen LogP contribution in [-0.4, -0.2) is 25.2 Å². The van der Waals surface area contributed by atoms with Crippen LogP contribution in [0, 0.1) is 5.41 Å². The molecule has 4 nitrogen and oxygen atoms in total. The van der Waals surface area contributed by atoms with Crippen molar-refractivity contribution in [2.45, 2.75) is 20.0 Å². The molecule has 0 fully saturated rings. The third-order valence-electron chi connectivity index (χ3n) is 2.13. The van der Waals surface area contributed by atoms with E-state index in [1.54, 1.807) is 18.2 Å². The second-order valence-corrected chi connectivity index (χ2v) is 4.50. The van der Waals surface area contributed by atoms with E-state index in [4.69, 9.17) is 20.6 Å². The Balaban J connectivity index is 2.69. The van der Waals surface area contributed by atoms with Gasteiger partial charge in [0.1, 0.15) is 17.7 Å². The number of ether oxygens (including phenoxy) is 2. The monoisotopic (exact) mass is 300 g/mol. The number of nitrogen functional groups attached to an aromatic ring is 1. The zero-order valence-corrected chi connectivity index (χ0v) is 11.6. The van der Waals surface area contributed by atoms with Crippen molar-refractivity contribution in [3.63, 3.8) is 0 Å². The third-order valence-corrected chi connectivity index (χ3v) is 2.75. The summed E-state index contributed by atoms with van der Waals surface area (Å²) in [5, 5.41) is 7.33. The zero-order chi connectivity index (χ0) is 12.8. The fourth-order valence-corrected chi connectivity index (χ4v) is 1.77. The van der Waals surface area contributed by atoms with Gasteiger partial charge in [0.15, 0.2) is 0 Å². The lowest BCUT2D eigenvalue weighted by Crippen LogP contribution is -2.19. The van der Waals surface area contributed by atoms with Gasteiger partial charge in [-0.25, -0.2) is 0 Å². The standard InChI is InChI=1S/C12H17BrN2O2/c1-3-16-7-8(2)17-11-5-4-9(12(14)15)6-10(11)13/h4-6,8H,3,7H2,1-2H3,(H3,14,15). The summed E-state index contributed by atoms with van der Waals surface area (Å²) in [6.07, 6.45) is -0.0190. The molecular weight excluding hydrogens is 284 g/mol. The maximum atomic E-state index is 7.33. The molecule has 0 heterocycles. The highest BCUT2D eigenvalue weighted by Gasteiger charge is 2.08. The quantitative estimate of drug-likeness (QED) is 0.626. The Morgan fingerprint density at radius 2 is 2.24 bits per heavy atom. The summed E-state index contributed by atoms with van der Waals surface area (Å²) < 4.78 is 11.8. The molecule has 0 amide bonds. The fourth-order valence-electron chi connectivity index (χ4n) is 1.30. The highest BCUT2D eigenvalue weighted by molar-refractivity contribution is 9.10. The van der Waals surface area contributed by atoms with E-state index in [9.17, 15) is 0 Å². The summed E-state index contributed by atoms with van der Waals surface area (Å²) in [7, 11) is 0. The van der Waals surface area contributed by atoms with Crippen molar-refractivity contribution in [2.75, 3.05) is 13.2 Å². The van der Waals surface area contributed by atoms with E-state index in [2.05, 4.69) is 15.9 Å². The third kappa shape index (κ3) is 4.36. The second-order valence-electron chi connectivity index (χ2n) is 3.65. The lowest BCUT2D eigenvalue weighted by molar-refractivity contribution is 0.0653. The van der Waals surface area contributed by atoms with Gasteiger partial charge in [0, 0.05) is 12.2 Å². The van der Waals surface area contributed by atoms with Crippen molar-refractivity contribution < 1.29 is 9.47 Å². The average molecular weight is 301 g/mol. The molecule has 94 valence electrons. The molecule has 0 aromatic heterocycles. The Kier molecular flexibility index (Phi) is 5.44. The van der Waals surface area contributed by atoms with Crippen molar-refractivity contribution in [2.24, 2.45) is 5.73 Å². The van der Waals surface area contributed by atoms with Crippen LogP contribution in [0.1, 0.15) is 19.4 Å². The maximum absolute atomic E-state index is 7.33. The summed E-state index contributed by atoms with van der Waals surface area (Å²) in [6, 6.07) is 5.32. The van der Waals surface area contributed by atoms with Gasteiger partial charge in [0.05, 0.1) is 11.1 Å². The van der Waals surface area contributed by atoms with E-state index in [-0.39, 0.29) is 11.9 Å². The number of rotatable bonds is 6. The van der Waals surface area contributed by atoms with Crippen LogP contribution in [0.25, 0.3) is 0 Å². The summed E-state index contributed by atoms with van der Waals surface area (Å²) in [5.74, 6) is 0.766. The fraction of sp³-hybridized carbons (Fsp3) is 0.417. The topological polar surface area (TPSA) is 68.3 Å². The van der Waals surface area contributed by atoms with E-state index in [1.807, 2.05) is 13.8 Å². The predicted molar refractivity (Wildman–Crippen MR) is 71.7 cm³/mol. The Morgan fingerprint density at radius 1 is 1.53 bits per heavy atom. The molecule has 0 radical (unpaired) electrons. The maximum Gasteiger partial charge on any atom is 0.134 e. The Morgan fingerprint density at radius 3 is 2.76 bits per heavy atom. The van der Waals surface area contributed by atoms with Crippen LogP contribution in [0.15, 0.2) is 22.7 Å². The average Bonchev–Trinajstić information content (AvgIpc) is 2.28.